The van der Waals surface area contributed by atoms with Crippen molar-refractivity contribution in [2.45, 2.75) is 37.8 Å². The lowest BCUT2D eigenvalue weighted by molar-refractivity contribution is -0.122. The number of hydrogen-bond acceptors (Lipinski definition) is 3. The minimum Gasteiger partial charge on any atom is -0.353 e. The van der Waals surface area contributed by atoms with Crippen LogP contribution in [0.4, 0.5) is 4.39 Å². The molecule has 7 heteroatoms. The maximum Gasteiger partial charge on any atom is 0.241 e. The molecule has 0 saturated heterocycles. The highest BCUT2D eigenvalue weighted by molar-refractivity contribution is 7.89. The molecule has 0 heterocycles. The van der Waals surface area contributed by atoms with Gasteiger partial charge in [-0.1, -0.05) is 0 Å². The Morgan fingerprint density at radius 1 is 1.16 bits per heavy atom. The lowest BCUT2D eigenvalue weighted by atomic mass is 10.3. The maximum absolute atomic E-state index is 12.7. The number of carbonyl (C=O) groups is 1. The zero-order chi connectivity index (χ0) is 14.6. The molecule has 2 N–H and O–H groups in total. The molecule has 0 saturated carbocycles. The summed E-state index contributed by atoms with van der Waals surface area (Å²) in [4.78, 5) is 11.5. The third kappa shape index (κ3) is 4.60. The molecule has 0 radical (unpaired) electrons. The van der Waals surface area contributed by atoms with Gasteiger partial charge in [0.15, 0.2) is 0 Å². The molecular weight excluding hydrogens is 271 g/mol. The van der Waals surface area contributed by atoms with Crippen LogP contribution in [-0.2, 0) is 14.8 Å². The molecule has 0 aliphatic rings. The second-order valence-corrected chi connectivity index (χ2v) is 6.17. The normalized spacial score (nSPS) is 13.3. The first kappa shape index (κ1) is 15.6. The molecule has 1 aromatic rings. The Balaban J connectivity index is 2.80. The van der Waals surface area contributed by atoms with Gasteiger partial charge in [-0.05, 0) is 45.0 Å². The van der Waals surface area contributed by atoms with E-state index in [4.69, 9.17) is 0 Å². The standard InChI is InChI=1S/C12H17FN2O3S/c1-8(2)14-12(16)9(3)15-19(17,18)11-6-4-10(13)5-7-11/h4-9,15H,1-3H3,(H,14,16). The van der Waals surface area contributed by atoms with Crippen LogP contribution in [0.1, 0.15) is 20.8 Å². The monoisotopic (exact) mass is 288 g/mol. The van der Waals surface area contributed by atoms with Crippen LogP contribution in [0.15, 0.2) is 29.2 Å². The van der Waals surface area contributed by atoms with Gasteiger partial charge in [0, 0.05) is 6.04 Å². The molecule has 0 aliphatic carbocycles. The fourth-order valence-electron chi connectivity index (χ4n) is 1.38. The molecule has 0 bridgehead atoms. The lowest BCUT2D eigenvalue weighted by Gasteiger charge is -2.16. The van der Waals surface area contributed by atoms with Crippen LogP contribution >= 0.6 is 0 Å². The minimum absolute atomic E-state index is 0.0784. The summed E-state index contributed by atoms with van der Waals surface area (Å²) in [6.07, 6.45) is 0. The van der Waals surface area contributed by atoms with Crippen molar-refractivity contribution < 1.29 is 17.6 Å². The van der Waals surface area contributed by atoms with E-state index in [0.717, 1.165) is 24.3 Å². The predicted molar refractivity (Wildman–Crippen MR) is 69.5 cm³/mol. The van der Waals surface area contributed by atoms with Crippen molar-refractivity contribution in [1.29, 1.82) is 0 Å². The summed E-state index contributed by atoms with van der Waals surface area (Å²) in [6, 6.07) is 3.40. The van der Waals surface area contributed by atoms with Crippen LogP contribution in [0.2, 0.25) is 0 Å². The van der Waals surface area contributed by atoms with Crippen LogP contribution in [0.5, 0.6) is 0 Å². The molecular formula is C12H17FN2O3S. The number of halogens is 1. The zero-order valence-electron chi connectivity index (χ0n) is 11.0. The van der Waals surface area contributed by atoms with Crippen molar-refractivity contribution in [3.8, 4) is 0 Å². The van der Waals surface area contributed by atoms with Gasteiger partial charge in [0.2, 0.25) is 15.9 Å². The van der Waals surface area contributed by atoms with Gasteiger partial charge in [-0.15, -0.1) is 0 Å². The van der Waals surface area contributed by atoms with Crippen molar-refractivity contribution in [3.63, 3.8) is 0 Å². The van der Waals surface area contributed by atoms with Crippen molar-refractivity contribution in [3.05, 3.63) is 30.1 Å². The van der Waals surface area contributed by atoms with Crippen molar-refractivity contribution >= 4 is 15.9 Å². The first-order valence-corrected chi connectivity index (χ1v) is 7.29. The van der Waals surface area contributed by atoms with E-state index < -0.39 is 27.8 Å². The van der Waals surface area contributed by atoms with E-state index in [-0.39, 0.29) is 10.9 Å². The summed E-state index contributed by atoms with van der Waals surface area (Å²) in [7, 11) is -3.83. The van der Waals surface area contributed by atoms with Crippen LogP contribution in [-0.4, -0.2) is 26.4 Å². The van der Waals surface area contributed by atoms with Gasteiger partial charge in [0.05, 0.1) is 10.9 Å². The molecule has 1 atom stereocenters. The molecule has 0 spiro atoms. The fourth-order valence-corrected chi connectivity index (χ4v) is 2.58. The summed E-state index contributed by atoms with van der Waals surface area (Å²) in [5.74, 6) is -0.940. The van der Waals surface area contributed by atoms with E-state index in [1.165, 1.54) is 6.92 Å². The Bertz CT molecular complexity index is 541. The van der Waals surface area contributed by atoms with E-state index in [0.29, 0.717) is 0 Å². The summed E-state index contributed by atoms with van der Waals surface area (Å²) >= 11 is 0. The third-order valence-electron chi connectivity index (χ3n) is 2.28. The summed E-state index contributed by atoms with van der Waals surface area (Å²) in [6.45, 7) is 5.00. The van der Waals surface area contributed by atoms with Crippen molar-refractivity contribution in [2.75, 3.05) is 0 Å². The van der Waals surface area contributed by atoms with Gasteiger partial charge in [-0.3, -0.25) is 4.79 Å². The van der Waals surface area contributed by atoms with Crippen LogP contribution < -0.4 is 10.0 Å². The molecule has 0 aliphatic heterocycles. The largest absolute Gasteiger partial charge is 0.353 e. The van der Waals surface area contributed by atoms with Gasteiger partial charge >= 0.3 is 0 Å². The minimum atomic E-state index is -3.83. The highest BCUT2D eigenvalue weighted by Gasteiger charge is 2.22. The second-order valence-electron chi connectivity index (χ2n) is 4.46. The maximum atomic E-state index is 12.7. The molecule has 19 heavy (non-hydrogen) atoms. The average molecular weight is 288 g/mol. The SMILES string of the molecule is CC(C)NC(=O)C(C)NS(=O)(=O)c1ccc(F)cc1. The molecule has 1 unspecified atom stereocenters. The number of nitrogens with one attached hydrogen (secondary N) is 2. The Morgan fingerprint density at radius 2 is 1.68 bits per heavy atom. The molecule has 1 rings (SSSR count). The molecule has 5 nitrogen and oxygen atoms in total. The van der Waals surface area contributed by atoms with Crippen LogP contribution in [0, 0.1) is 5.82 Å². The first-order chi connectivity index (χ1) is 8.72. The number of carbonyl (C=O) groups excluding carboxylic acids is 1. The number of sulfonamides is 1. The molecule has 1 amide bonds. The highest BCUT2D eigenvalue weighted by atomic mass is 32.2. The van der Waals surface area contributed by atoms with Crippen molar-refractivity contribution in [1.82, 2.24) is 10.0 Å². The van der Waals surface area contributed by atoms with E-state index in [1.54, 1.807) is 13.8 Å². The van der Waals surface area contributed by atoms with E-state index in [9.17, 15) is 17.6 Å². The average Bonchev–Trinajstić information content (AvgIpc) is 2.27. The van der Waals surface area contributed by atoms with Gasteiger partial charge in [0.25, 0.3) is 0 Å². The smallest absolute Gasteiger partial charge is 0.241 e. The van der Waals surface area contributed by atoms with E-state index in [2.05, 4.69) is 10.0 Å². The third-order valence-corrected chi connectivity index (χ3v) is 3.84. The van der Waals surface area contributed by atoms with Gasteiger partial charge in [0.1, 0.15) is 5.82 Å². The van der Waals surface area contributed by atoms with Gasteiger partial charge in [-0.25, -0.2) is 12.8 Å². The lowest BCUT2D eigenvalue weighted by Crippen LogP contribution is -2.46. The quantitative estimate of drug-likeness (QED) is 0.849. The van der Waals surface area contributed by atoms with Crippen molar-refractivity contribution in [2.24, 2.45) is 0 Å². The van der Waals surface area contributed by atoms with Crippen LogP contribution in [0.3, 0.4) is 0 Å². The molecule has 106 valence electrons. The Kier molecular flexibility index (Phi) is 5.02. The molecule has 0 aromatic heterocycles. The predicted octanol–water partition coefficient (Wildman–Crippen LogP) is 1.02. The summed E-state index contributed by atoms with van der Waals surface area (Å²) in [5, 5.41) is 2.60. The number of rotatable bonds is 5. The van der Waals surface area contributed by atoms with E-state index in [1.807, 2.05) is 0 Å². The van der Waals surface area contributed by atoms with Crippen LogP contribution in [0.25, 0.3) is 0 Å². The summed E-state index contributed by atoms with van der Waals surface area (Å²) in [5.41, 5.74) is 0. The van der Waals surface area contributed by atoms with E-state index >= 15 is 0 Å². The van der Waals surface area contributed by atoms with Gasteiger partial charge in [-0.2, -0.15) is 4.72 Å². The second kappa shape index (κ2) is 6.12. The first-order valence-electron chi connectivity index (χ1n) is 5.80. The highest BCUT2D eigenvalue weighted by Crippen LogP contribution is 2.10. The Morgan fingerprint density at radius 3 is 2.16 bits per heavy atom. The summed E-state index contributed by atoms with van der Waals surface area (Å²) < 4.78 is 38.8. The number of benzene rings is 1. The Labute approximate surface area is 112 Å². The molecule has 1 aromatic carbocycles. The number of amides is 1. The topological polar surface area (TPSA) is 75.3 Å². The van der Waals surface area contributed by atoms with Gasteiger partial charge < -0.3 is 5.32 Å². The Hall–Kier alpha value is -1.47. The fraction of sp³-hybridized carbons (Fsp3) is 0.417. The zero-order valence-corrected chi connectivity index (χ0v) is 11.8. The molecule has 0 fully saturated rings. The number of hydrogen-bond donors (Lipinski definition) is 2.